The molecule has 0 saturated carbocycles. The minimum atomic E-state index is -0.724. The number of ketones is 1. The lowest BCUT2D eigenvalue weighted by Crippen LogP contribution is -2.30. The van der Waals surface area contributed by atoms with Gasteiger partial charge in [-0.05, 0) is 68.7 Å². The highest BCUT2D eigenvalue weighted by molar-refractivity contribution is 6.38. The smallest absolute Gasteiger partial charge is 0.338 e. The number of pyridine rings is 1. The van der Waals surface area contributed by atoms with Crippen LogP contribution in [0.5, 0.6) is 0 Å². The molecule has 3 aromatic carbocycles. The highest BCUT2D eigenvalue weighted by atomic mass is 16.5. The quantitative estimate of drug-likeness (QED) is 0.213. The number of nitrogens with zero attached hydrogens (tertiary/aromatic N) is 2. The van der Waals surface area contributed by atoms with Gasteiger partial charge >= 0.3 is 5.97 Å². The summed E-state index contributed by atoms with van der Waals surface area (Å²) in [6, 6.07) is 17.1. The Morgan fingerprint density at radius 1 is 0.784 bits per heavy atom. The molecule has 7 heteroatoms. The average molecular weight is 493 g/mol. The third-order valence-corrected chi connectivity index (χ3v) is 6.76. The van der Waals surface area contributed by atoms with Gasteiger partial charge in [0.2, 0.25) is 0 Å². The molecule has 1 aromatic heterocycles. The second-order valence-corrected chi connectivity index (χ2v) is 9.21. The fourth-order valence-electron chi connectivity index (χ4n) is 4.54. The zero-order chi connectivity index (χ0) is 26.4. The van der Waals surface area contributed by atoms with Crippen LogP contribution in [0.3, 0.4) is 0 Å². The minimum absolute atomic E-state index is 0.129. The van der Waals surface area contributed by atoms with Crippen LogP contribution >= 0.6 is 0 Å². The van der Waals surface area contributed by atoms with Crippen molar-refractivity contribution in [3.05, 3.63) is 105 Å². The van der Waals surface area contributed by atoms with Gasteiger partial charge in [-0.25, -0.2) is 9.69 Å². The monoisotopic (exact) mass is 492 g/mol. The van der Waals surface area contributed by atoms with E-state index >= 15 is 0 Å². The summed E-state index contributed by atoms with van der Waals surface area (Å²) in [4.78, 5) is 57.9. The van der Waals surface area contributed by atoms with E-state index in [-0.39, 0.29) is 22.6 Å². The number of hydrogen-bond acceptors (Lipinski definition) is 6. The van der Waals surface area contributed by atoms with E-state index in [0.29, 0.717) is 33.3 Å². The number of hydrogen-bond donors (Lipinski definition) is 0. The number of carbonyl (C=O) groups is 4. The van der Waals surface area contributed by atoms with Crippen LogP contribution in [0.15, 0.2) is 60.7 Å². The molecule has 4 aromatic rings. The summed E-state index contributed by atoms with van der Waals surface area (Å²) >= 11 is 0. The van der Waals surface area contributed by atoms with Crippen molar-refractivity contribution < 1.29 is 23.9 Å². The first-order valence-electron chi connectivity index (χ1n) is 11.8. The van der Waals surface area contributed by atoms with Crippen LogP contribution in [0.4, 0.5) is 5.69 Å². The van der Waals surface area contributed by atoms with Gasteiger partial charge in [0.05, 0.1) is 33.6 Å². The first-order chi connectivity index (χ1) is 17.7. The highest BCUT2D eigenvalue weighted by Crippen LogP contribution is 2.36. The molecule has 1 aliphatic heterocycles. The Hall–Kier alpha value is -4.65. The van der Waals surface area contributed by atoms with E-state index in [0.717, 1.165) is 16.0 Å². The zero-order valence-electron chi connectivity index (χ0n) is 20.9. The fraction of sp³-hybridized carbons (Fsp3) is 0.167. The van der Waals surface area contributed by atoms with Crippen LogP contribution < -0.4 is 4.90 Å². The summed E-state index contributed by atoms with van der Waals surface area (Å²) in [5.74, 6) is -2.01. The molecule has 0 saturated heterocycles. The van der Waals surface area contributed by atoms with Gasteiger partial charge in [0.15, 0.2) is 12.4 Å². The maximum absolute atomic E-state index is 13.5. The third-order valence-electron chi connectivity index (χ3n) is 6.76. The molecule has 0 radical (unpaired) electrons. The van der Waals surface area contributed by atoms with E-state index in [4.69, 9.17) is 4.74 Å². The molecule has 0 spiro atoms. The van der Waals surface area contributed by atoms with Crippen LogP contribution in [0.25, 0.3) is 10.9 Å². The Morgan fingerprint density at radius 3 is 2.22 bits per heavy atom. The van der Waals surface area contributed by atoms with Crippen LogP contribution in [0, 0.1) is 27.7 Å². The number of rotatable bonds is 5. The molecular weight excluding hydrogens is 468 g/mol. The topological polar surface area (TPSA) is 93.6 Å². The Bertz CT molecular complexity index is 1650. The predicted molar refractivity (Wildman–Crippen MR) is 139 cm³/mol. The fourth-order valence-corrected chi connectivity index (χ4v) is 4.54. The number of imide groups is 1. The molecule has 1 aliphatic rings. The van der Waals surface area contributed by atoms with Crippen molar-refractivity contribution in [1.82, 2.24) is 4.98 Å². The maximum atomic E-state index is 13.5. The molecule has 0 N–H and O–H groups in total. The van der Waals surface area contributed by atoms with Gasteiger partial charge in [0.1, 0.15) is 0 Å². The molecule has 0 aliphatic carbocycles. The van der Waals surface area contributed by atoms with Gasteiger partial charge in [0, 0.05) is 10.9 Å². The van der Waals surface area contributed by atoms with Gasteiger partial charge in [-0.15, -0.1) is 0 Å². The summed E-state index contributed by atoms with van der Waals surface area (Å²) in [6.45, 7) is 6.89. The Kier molecular flexibility index (Phi) is 5.91. The van der Waals surface area contributed by atoms with Crippen LogP contribution in [0.1, 0.15) is 63.8 Å². The zero-order valence-corrected chi connectivity index (χ0v) is 20.9. The summed E-state index contributed by atoms with van der Waals surface area (Å²) in [5.41, 5.74) is 5.20. The van der Waals surface area contributed by atoms with Gasteiger partial charge in [-0.2, -0.15) is 0 Å². The van der Waals surface area contributed by atoms with Crippen LogP contribution in [0.2, 0.25) is 0 Å². The van der Waals surface area contributed by atoms with Crippen molar-refractivity contribution in [3.63, 3.8) is 0 Å². The number of aromatic nitrogens is 1. The van der Waals surface area contributed by atoms with E-state index < -0.39 is 24.4 Å². The second kappa shape index (κ2) is 9.09. The molecule has 7 nitrogen and oxygen atoms in total. The lowest BCUT2D eigenvalue weighted by molar-refractivity contribution is 0.0474. The van der Waals surface area contributed by atoms with Crippen molar-refractivity contribution in [1.29, 1.82) is 0 Å². The summed E-state index contributed by atoms with van der Waals surface area (Å²) in [7, 11) is 0. The van der Waals surface area contributed by atoms with Crippen molar-refractivity contribution >= 4 is 40.2 Å². The van der Waals surface area contributed by atoms with Gasteiger partial charge in [0.25, 0.3) is 11.8 Å². The first kappa shape index (κ1) is 24.1. The molecule has 184 valence electrons. The lowest BCUT2D eigenvalue weighted by atomic mass is 10.0. The molecular formula is C30H24N2O5. The molecule has 0 bridgehead atoms. The summed E-state index contributed by atoms with van der Waals surface area (Å²) < 4.78 is 5.28. The number of fused-ring (bicyclic) bond motifs is 3. The number of carbonyl (C=O) groups excluding carboxylic acids is 4. The maximum Gasteiger partial charge on any atom is 0.338 e. The molecule has 2 amide bonds. The molecule has 0 atom stereocenters. The Balaban J connectivity index is 1.43. The van der Waals surface area contributed by atoms with Crippen molar-refractivity contribution in [3.8, 4) is 0 Å². The molecule has 2 heterocycles. The van der Waals surface area contributed by atoms with Crippen molar-refractivity contribution in [2.45, 2.75) is 27.7 Å². The predicted octanol–water partition coefficient (Wildman–Crippen LogP) is 5.31. The number of Topliss-reactive ketones (excluding diaryl/α,β-unsaturated/α-hetero) is 1. The van der Waals surface area contributed by atoms with Crippen molar-refractivity contribution in [2.75, 3.05) is 11.5 Å². The van der Waals surface area contributed by atoms with E-state index in [9.17, 15) is 19.2 Å². The highest BCUT2D eigenvalue weighted by Gasteiger charge is 2.40. The number of para-hydroxylation sites is 1. The number of anilines is 1. The number of ether oxygens (including phenoxy) is 1. The van der Waals surface area contributed by atoms with E-state index in [1.54, 1.807) is 56.3 Å². The molecule has 5 rings (SSSR count). The molecule has 0 fully saturated rings. The van der Waals surface area contributed by atoms with Gasteiger partial charge in [-0.3, -0.25) is 19.4 Å². The second-order valence-electron chi connectivity index (χ2n) is 9.21. The van der Waals surface area contributed by atoms with E-state index in [1.165, 1.54) is 6.07 Å². The van der Waals surface area contributed by atoms with Crippen molar-refractivity contribution in [2.24, 2.45) is 0 Å². The Morgan fingerprint density at radius 2 is 1.46 bits per heavy atom. The van der Waals surface area contributed by atoms with Gasteiger partial charge < -0.3 is 4.74 Å². The standard InChI is InChI=1S/C30H24N2O5/c1-16-9-11-20(13-18(16)3)25(33)15-37-30(36)21-12-10-17(2)24(14-21)32-28(34)26-19(4)31-23-8-6-5-7-22(23)27(26)29(32)35/h5-14H,15H2,1-4H3. The SMILES string of the molecule is Cc1ccc(C(=O)COC(=O)c2ccc(C)c(N3C(=O)c4c(C)nc5ccccc5c4C3=O)c2)cc1C. The number of amides is 2. The largest absolute Gasteiger partial charge is 0.454 e. The number of aryl methyl sites for hydroxylation is 4. The first-order valence-corrected chi connectivity index (χ1v) is 11.8. The summed E-state index contributed by atoms with van der Waals surface area (Å²) in [6.07, 6.45) is 0. The van der Waals surface area contributed by atoms with Crippen LogP contribution in [-0.2, 0) is 4.74 Å². The van der Waals surface area contributed by atoms with E-state index in [1.807, 2.05) is 26.0 Å². The van der Waals surface area contributed by atoms with Gasteiger partial charge in [-0.1, -0.05) is 36.4 Å². The normalized spacial score (nSPS) is 12.7. The third kappa shape index (κ3) is 4.08. The number of benzene rings is 3. The summed E-state index contributed by atoms with van der Waals surface area (Å²) in [5, 5.41) is 0.599. The lowest BCUT2D eigenvalue weighted by Gasteiger charge is -2.17. The minimum Gasteiger partial charge on any atom is -0.454 e. The van der Waals surface area contributed by atoms with E-state index in [2.05, 4.69) is 4.98 Å². The number of esters is 1. The average Bonchev–Trinajstić information content (AvgIpc) is 3.15. The Labute approximate surface area is 213 Å². The molecule has 37 heavy (non-hydrogen) atoms. The molecule has 0 unspecified atom stereocenters. The van der Waals surface area contributed by atoms with Crippen LogP contribution in [-0.4, -0.2) is 35.2 Å².